The van der Waals surface area contributed by atoms with Crippen molar-refractivity contribution in [2.24, 2.45) is 11.3 Å². The molecule has 2 fully saturated rings. The highest BCUT2D eigenvalue weighted by Crippen LogP contribution is 2.41. The molecule has 21 heteroatoms. The molecule has 2 aliphatic rings. The maximum atomic E-state index is 13.1. The smallest absolute Gasteiger partial charge is 0.319 e. The van der Waals surface area contributed by atoms with E-state index in [-0.39, 0.29) is 53.5 Å². The minimum absolute atomic E-state index is 0.0317. The van der Waals surface area contributed by atoms with Gasteiger partial charge in [-0.25, -0.2) is 15.0 Å². The van der Waals surface area contributed by atoms with Crippen LogP contribution in [0.5, 0.6) is 5.88 Å². The van der Waals surface area contributed by atoms with E-state index < -0.39 is 53.2 Å². The zero-order valence-corrected chi connectivity index (χ0v) is 28.5. The number of fused-ring (bicyclic) bond motifs is 1. The highest BCUT2D eigenvalue weighted by Gasteiger charge is 2.47. The number of carbonyl (C=O) groups is 1. The van der Waals surface area contributed by atoms with Gasteiger partial charge in [0.1, 0.15) is 30.7 Å². The van der Waals surface area contributed by atoms with Crippen LogP contribution in [0.4, 0.5) is 5.95 Å². The van der Waals surface area contributed by atoms with Crippen LogP contribution in [0.2, 0.25) is 0 Å². The number of anilines is 1. The van der Waals surface area contributed by atoms with Gasteiger partial charge in [0, 0.05) is 25.2 Å². The van der Waals surface area contributed by atoms with E-state index in [4.69, 9.17) is 23.0 Å². The fourth-order valence-corrected chi connectivity index (χ4v) is 7.05. The molecule has 8 atom stereocenters. The van der Waals surface area contributed by atoms with E-state index in [1.165, 1.54) is 17.2 Å². The topological polar surface area (TPSA) is 251 Å². The highest BCUT2D eigenvalue weighted by molar-refractivity contribution is 7.33. The van der Waals surface area contributed by atoms with Gasteiger partial charge in [-0.1, -0.05) is 13.8 Å². The number of hydrogen-bond acceptors (Lipinski definition) is 15. The zero-order valence-electron chi connectivity index (χ0n) is 26.5. The van der Waals surface area contributed by atoms with Gasteiger partial charge in [-0.05, 0) is 37.6 Å². The van der Waals surface area contributed by atoms with E-state index in [0.29, 0.717) is 18.8 Å². The number of H-pyrrole nitrogens is 1. The van der Waals surface area contributed by atoms with Crippen LogP contribution in [-0.2, 0) is 32.2 Å². The number of hydrogen-bond donors (Lipinski definition) is 5. The summed E-state index contributed by atoms with van der Waals surface area (Å²) in [7, 11) is -4.82. The third kappa shape index (κ3) is 9.31. The first kappa shape index (κ1) is 36.2. The number of rotatable bonds is 16. The molecule has 2 unspecified atom stereocenters. The monoisotopic (exact) mass is 714 g/mol. The van der Waals surface area contributed by atoms with Gasteiger partial charge < -0.3 is 33.8 Å². The lowest BCUT2D eigenvalue weighted by Crippen LogP contribution is -2.34. The van der Waals surface area contributed by atoms with Crippen LogP contribution in [0.3, 0.4) is 0 Å². The van der Waals surface area contributed by atoms with Crippen molar-refractivity contribution in [3.05, 3.63) is 35.3 Å². The molecule has 1 saturated heterocycles. The number of nitrogens with zero attached hydrogens (tertiary/aromatic N) is 5. The van der Waals surface area contributed by atoms with Gasteiger partial charge in [0.05, 0.1) is 19.5 Å². The van der Waals surface area contributed by atoms with Crippen LogP contribution in [-0.4, -0.2) is 96.6 Å². The first-order valence-corrected chi connectivity index (χ1v) is 17.8. The van der Waals surface area contributed by atoms with E-state index in [1.54, 1.807) is 19.3 Å². The number of ether oxygens (including phenoxy) is 2. The summed E-state index contributed by atoms with van der Waals surface area (Å²) in [4.78, 5) is 53.7. The van der Waals surface area contributed by atoms with Crippen molar-refractivity contribution in [2.75, 3.05) is 32.1 Å². The van der Waals surface area contributed by atoms with Crippen LogP contribution in [0.1, 0.15) is 45.8 Å². The molecule has 4 heterocycles. The van der Waals surface area contributed by atoms with Crippen molar-refractivity contribution >= 4 is 39.5 Å². The van der Waals surface area contributed by atoms with Crippen molar-refractivity contribution in [3.8, 4) is 5.88 Å². The molecule has 1 aliphatic carbocycles. The van der Waals surface area contributed by atoms with Crippen molar-refractivity contribution in [1.82, 2.24) is 34.8 Å². The van der Waals surface area contributed by atoms with Crippen molar-refractivity contribution in [2.45, 2.75) is 70.2 Å². The van der Waals surface area contributed by atoms with E-state index in [2.05, 4.69) is 35.6 Å². The summed E-state index contributed by atoms with van der Waals surface area (Å²) in [6.07, 6.45) is 1.06. The SMILES string of the molecule is CNCC(C)(C)CC(=O)Nc1nc2c(ncn2[C@@H]2O[C@H](CO[PH](=O)O)[C@@H](O)[C@H]2O[PH](=O)OC[C@@H]2CC[C@H](Oc3ccncn3)C2)c(=O)[nH]1. The minimum Gasteiger partial charge on any atom is -0.474 e. The summed E-state index contributed by atoms with van der Waals surface area (Å²) < 4.78 is 53.5. The van der Waals surface area contributed by atoms with Crippen LogP contribution >= 0.6 is 16.5 Å². The number of imidazole rings is 1. The molecule has 0 aromatic carbocycles. The molecule has 0 spiro atoms. The molecule has 3 aromatic heterocycles. The lowest BCUT2D eigenvalue weighted by Gasteiger charge is -2.23. The number of aromatic amines is 1. The fourth-order valence-electron chi connectivity index (χ4n) is 5.82. The lowest BCUT2D eigenvalue weighted by atomic mass is 9.89. The standard InChI is InChI=1S/C27H40N8O11P2/c1-27(2,12-28-3)9-18(36)32-26-33-23-20(24(38)34-26)31-14-35(23)25-22(21(37)17(45-25)11-42-47(39)40)46-48(41)43-10-15-4-5-16(8-15)44-19-6-7-29-13-30-19/h6-7,13-17,21-22,25,28,37,47-48H,4-5,8-12H2,1-3H3,(H,39,40)(H2,32,33,34,36,38)/t15-,16+,17-,21-,22-,25-/m1/s1. The molecule has 5 N–H and O–H groups in total. The second-order valence-electron chi connectivity index (χ2n) is 12.4. The van der Waals surface area contributed by atoms with Crippen LogP contribution in [0.15, 0.2) is 29.7 Å². The molecule has 5 rings (SSSR count). The molecular formula is C27H40N8O11P2. The summed E-state index contributed by atoms with van der Waals surface area (Å²) in [5, 5.41) is 16.7. The Bertz CT molecular complexity index is 1660. The van der Waals surface area contributed by atoms with E-state index in [9.17, 15) is 28.7 Å². The Morgan fingerprint density at radius 2 is 2.04 bits per heavy atom. The second kappa shape index (κ2) is 16.1. The highest BCUT2D eigenvalue weighted by atomic mass is 31.1. The second-order valence-corrected chi connectivity index (χ2v) is 14.2. The summed E-state index contributed by atoms with van der Waals surface area (Å²) in [6, 6.07) is 1.67. The number of aromatic nitrogens is 6. The van der Waals surface area contributed by atoms with Crippen molar-refractivity contribution in [3.63, 3.8) is 0 Å². The summed E-state index contributed by atoms with van der Waals surface area (Å²) in [5.41, 5.74) is -1.18. The zero-order chi connectivity index (χ0) is 34.4. The number of aliphatic hydroxyl groups is 1. The van der Waals surface area contributed by atoms with Gasteiger partial charge in [0.25, 0.3) is 5.56 Å². The Labute approximate surface area is 276 Å². The normalized spacial score (nSPS) is 25.7. The average molecular weight is 715 g/mol. The number of nitrogens with one attached hydrogen (secondary N) is 3. The van der Waals surface area contributed by atoms with Gasteiger partial charge in [-0.3, -0.25) is 38.1 Å². The van der Waals surface area contributed by atoms with E-state index in [0.717, 1.165) is 12.8 Å². The fraction of sp³-hybridized carbons (Fsp3) is 0.630. The van der Waals surface area contributed by atoms with Gasteiger partial charge in [0.2, 0.25) is 17.7 Å². The third-order valence-corrected chi connectivity index (χ3v) is 9.23. The Hall–Kier alpha value is -3.12. The van der Waals surface area contributed by atoms with Gasteiger partial charge >= 0.3 is 16.5 Å². The maximum Gasteiger partial charge on any atom is 0.319 e. The van der Waals surface area contributed by atoms with Crippen LogP contribution in [0.25, 0.3) is 11.2 Å². The molecule has 0 bridgehead atoms. The maximum absolute atomic E-state index is 13.1. The quantitative estimate of drug-likeness (QED) is 0.131. The van der Waals surface area contributed by atoms with Crippen molar-refractivity contribution < 1.29 is 47.0 Å². The van der Waals surface area contributed by atoms with E-state index in [1.807, 2.05) is 13.8 Å². The number of aliphatic hydroxyl groups excluding tert-OH is 1. The summed E-state index contributed by atoms with van der Waals surface area (Å²) in [5.74, 6) is -0.0425. The van der Waals surface area contributed by atoms with Gasteiger partial charge in [0.15, 0.2) is 17.4 Å². The molecular weight excluding hydrogens is 674 g/mol. The molecule has 3 aromatic rings. The van der Waals surface area contributed by atoms with Gasteiger partial charge in [-0.2, -0.15) is 4.98 Å². The van der Waals surface area contributed by atoms with E-state index >= 15 is 0 Å². The largest absolute Gasteiger partial charge is 0.474 e. The Balaban J connectivity index is 1.29. The summed E-state index contributed by atoms with van der Waals surface area (Å²) in [6.45, 7) is 4.00. The first-order chi connectivity index (χ1) is 22.9. The molecule has 0 radical (unpaired) electrons. The predicted molar refractivity (Wildman–Crippen MR) is 170 cm³/mol. The minimum atomic E-state index is -3.37. The summed E-state index contributed by atoms with van der Waals surface area (Å²) >= 11 is 0. The molecule has 264 valence electrons. The number of carbonyl (C=O) groups excluding carboxylic acids is 1. The predicted octanol–water partition coefficient (Wildman–Crippen LogP) is 1.18. The third-order valence-electron chi connectivity index (χ3n) is 7.95. The Morgan fingerprint density at radius 3 is 2.77 bits per heavy atom. The average Bonchev–Trinajstić information content (AvgIpc) is 3.73. The molecule has 1 amide bonds. The number of amides is 1. The molecule has 1 saturated carbocycles. The molecule has 48 heavy (non-hydrogen) atoms. The Kier molecular flexibility index (Phi) is 12.1. The Morgan fingerprint density at radius 1 is 1.23 bits per heavy atom. The first-order valence-electron chi connectivity index (χ1n) is 15.3. The van der Waals surface area contributed by atoms with Crippen molar-refractivity contribution in [1.29, 1.82) is 0 Å². The lowest BCUT2D eigenvalue weighted by molar-refractivity contribution is -0.118. The molecule has 19 nitrogen and oxygen atoms in total. The van der Waals surface area contributed by atoms with Gasteiger partial charge in [-0.15, -0.1) is 0 Å². The van der Waals surface area contributed by atoms with Crippen LogP contribution < -0.4 is 20.9 Å². The molecule has 1 aliphatic heterocycles. The van der Waals surface area contributed by atoms with Crippen LogP contribution in [0, 0.1) is 11.3 Å².